The number of amides is 2. The monoisotopic (exact) mass is 601 g/mol. The molecule has 174 valence electrons. The lowest BCUT2D eigenvalue weighted by Crippen LogP contribution is -2.42. The van der Waals surface area contributed by atoms with Crippen molar-refractivity contribution in [3.05, 3.63) is 61.0 Å². The maximum Gasteiger partial charge on any atom is 0.329 e. The van der Waals surface area contributed by atoms with Gasteiger partial charge in [-0.3, -0.25) is 14.5 Å². The summed E-state index contributed by atoms with van der Waals surface area (Å²) in [6, 6.07) is 9.89. The second-order valence-corrected chi connectivity index (χ2v) is 9.52. The highest BCUT2D eigenvalue weighted by Gasteiger charge is 2.41. The number of hydrogen-bond donors (Lipinski definition) is 0. The Morgan fingerprint density at radius 2 is 1.94 bits per heavy atom. The molecule has 0 spiro atoms. The van der Waals surface area contributed by atoms with E-state index in [0.29, 0.717) is 28.7 Å². The quantitative estimate of drug-likeness (QED) is 0.224. The van der Waals surface area contributed by atoms with Gasteiger partial charge in [0, 0.05) is 5.02 Å². The van der Waals surface area contributed by atoms with Crippen LogP contribution in [0.15, 0.2) is 41.3 Å². The normalized spacial score (nSPS) is 15.7. The third kappa shape index (κ3) is 6.01. The van der Waals surface area contributed by atoms with Crippen LogP contribution in [0.5, 0.6) is 11.5 Å². The van der Waals surface area contributed by atoms with Gasteiger partial charge in [-0.15, -0.1) is 0 Å². The standard InChI is InChI=1S/C23H21ClINO6S/c1-4-31-22(28)13(2)26-21(27)19(33-23(26)29)11-15-9-17(25)20(18(10-15)30-3)32-12-14-5-7-16(24)8-6-14/h5-11,13H,4,12H2,1-3H3/b19-11-/t13-/m0/s1. The zero-order chi connectivity index (χ0) is 24.1. The van der Waals surface area contributed by atoms with E-state index in [1.807, 2.05) is 18.2 Å². The molecule has 1 aliphatic heterocycles. The van der Waals surface area contributed by atoms with Crippen LogP contribution in [0.4, 0.5) is 4.79 Å². The maximum absolute atomic E-state index is 12.8. The summed E-state index contributed by atoms with van der Waals surface area (Å²) in [4.78, 5) is 38.3. The topological polar surface area (TPSA) is 82.1 Å². The summed E-state index contributed by atoms with van der Waals surface area (Å²) in [6.07, 6.45) is 1.59. The number of halogens is 2. The largest absolute Gasteiger partial charge is 0.493 e. The highest BCUT2D eigenvalue weighted by atomic mass is 127. The van der Waals surface area contributed by atoms with Gasteiger partial charge in [-0.1, -0.05) is 23.7 Å². The molecule has 0 bridgehead atoms. The van der Waals surface area contributed by atoms with Crippen molar-refractivity contribution >= 4 is 69.1 Å². The van der Waals surface area contributed by atoms with Crippen molar-refractivity contribution in [1.29, 1.82) is 0 Å². The molecule has 33 heavy (non-hydrogen) atoms. The molecule has 0 aliphatic carbocycles. The Bertz CT molecular complexity index is 1100. The van der Waals surface area contributed by atoms with Crippen LogP contribution in [0, 0.1) is 3.57 Å². The summed E-state index contributed by atoms with van der Waals surface area (Å²) >= 11 is 8.83. The number of nitrogens with zero attached hydrogens (tertiary/aromatic N) is 1. The van der Waals surface area contributed by atoms with Crippen LogP contribution in [-0.2, 0) is 20.9 Å². The Morgan fingerprint density at radius 3 is 2.58 bits per heavy atom. The third-order valence-corrected chi connectivity index (χ3v) is 6.62. The average molecular weight is 602 g/mol. The van der Waals surface area contributed by atoms with Gasteiger partial charge in [0.15, 0.2) is 11.5 Å². The number of imide groups is 1. The number of methoxy groups -OCH3 is 1. The van der Waals surface area contributed by atoms with Crippen LogP contribution in [0.2, 0.25) is 5.02 Å². The van der Waals surface area contributed by atoms with Crippen LogP contribution in [0.25, 0.3) is 6.08 Å². The number of carbonyl (C=O) groups excluding carboxylic acids is 3. The lowest BCUT2D eigenvalue weighted by molar-refractivity contribution is -0.150. The molecule has 1 heterocycles. The van der Waals surface area contributed by atoms with Gasteiger partial charge < -0.3 is 14.2 Å². The predicted molar refractivity (Wildman–Crippen MR) is 135 cm³/mol. The van der Waals surface area contributed by atoms with Gasteiger partial charge in [0.25, 0.3) is 11.1 Å². The van der Waals surface area contributed by atoms with E-state index in [1.165, 1.54) is 14.0 Å². The molecule has 1 fully saturated rings. The molecule has 1 saturated heterocycles. The summed E-state index contributed by atoms with van der Waals surface area (Å²) in [5, 5.41) is 0.132. The van der Waals surface area contributed by atoms with Crippen molar-refractivity contribution in [2.75, 3.05) is 13.7 Å². The van der Waals surface area contributed by atoms with E-state index < -0.39 is 23.2 Å². The number of hydrogen-bond acceptors (Lipinski definition) is 7. The van der Waals surface area contributed by atoms with E-state index in [0.717, 1.165) is 25.8 Å². The van der Waals surface area contributed by atoms with Crippen molar-refractivity contribution < 1.29 is 28.6 Å². The van der Waals surface area contributed by atoms with E-state index in [-0.39, 0.29) is 11.5 Å². The summed E-state index contributed by atoms with van der Waals surface area (Å²) < 4.78 is 17.2. The van der Waals surface area contributed by atoms with Gasteiger partial charge in [0.05, 0.1) is 22.2 Å². The van der Waals surface area contributed by atoms with Crippen molar-refractivity contribution in [3.8, 4) is 11.5 Å². The number of benzene rings is 2. The second kappa shape index (κ2) is 11.3. The number of rotatable bonds is 8. The van der Waals surface area contributed by atoms with Crippen LogP contribution in [0.3, 0.4) is 0 Å². The van der Waals surface area contributed by atoms with E-state index in [9.17, 15) is 14.4 Å². The first-order chi connectivity index (χ1) is 15.7. The van der Waals surface area contributed by atoms with Crippen molar-refractivity contribution in [2.24, 2.45) is 0 Å². The van der Waals surface area contributed by atoms with Crippen LogP contribution < -0.4 is 9.47 Å². The lowest BCUT2D eigenvalue weighted by Gasteiger charge is -2.19. The number of ether oxygens (including phenoxy) is 3. The molecule has 0 radical (unpaired) electrons. The average Bonchev–Trinajstić information content (AvgIpc) is 3.06. The summed E-state index contributed by atoms with van der Waals surface area (Å²) in [5.41, 5.74) is 1.61. The summed E-state index contributed by atoms with van der Waals surface area (Å²) in [7, 11) is 1.53. The predicted octanol–water partition coefficient (Wildman–Crippen LogP) is 5.52. The summed E-state index contributed by atoms with van der Waals surface area (Å²) in [6.45, 7) is 3.62. The van der Waals surface area contributed by atoms with Gasteiger partial charge in [0.1, 0.15) is 12.6 Å². The fourth-order valence-corrected chi connectivity index (χ4v) is 4.85. The molecule has 0 N–H and O–H groups in total. The van der Waals surface area contributed by atoms with Gasteiger partial charge in [0.2, 0.25) is 0 Å². The Balaban J connectivity index is 1.81. The van der Waals surface area contributed by atoms with Crippen molar-refractivity contribution in [2.45, 2.75) is 26.5 Å². The first kappa shape index (κ1) is 25.4. The van der Waals surface area contributed by atoms with E-state index in [4.69, 9.17) is 25.8 Å². The highest BCUT2D eigenvalue weighted by Crippen LogP contribution is 2.38. The minimum absolute atomic E-state index is 0.167. The molecule has 10 heteroatoms. The fourth-order valence-electron chi connectivity index (χ4n) is 3.03. The Labute approximate surface area is 214 Å². The number of thioether (sulfide) groups is 1. The van der Waals surface area contributed by atoms with Gasteiger partial charge >= 0.3 is 5.97 Å². The zero-order valence-electron chi connectivity index (χ0n) is 18.1. The van der Waals surface area contributed by atoms with Gasteiger partial charge in [-0.05, 0) is 89.7 Å². The van der Waals surface area contributed by atoms with Crippen LogP contribution in [0.1, 0.15) is 25.0 Å². The van der Waals surface area contributed by atoms with Crippen molar-refractivity contribution in [3.63, 3.8) is 0 Å². The molecule has 1 aliphatic rings. The second-order valence-electron chi connectivity index (χ2n) is 6.93. The molecule has 2 amide bonds. The minimum Gasteiger partial charge on any atom is -0.493 e. The fraction of sp³-hybridized carbons (Fsp3) is 0.261. The minimum atomic E-state index is -0.998. The molecule has 3 rings (SSSR count). The third-order valence-electron chi connectivity index (χ3n) is 4.68. The molecule has 7 nitrogen and oxygen atoms in total. The molecule has 2 aromatic carbocycles. The van der Waals surface area contributed by atoms with E-state index >= 15 is 0 Å². The van der Waals surface area contributed by atoms with Crippen LogP contribution in [-0.4, -0.2) is 41.8 Å². The molecular weight excluding hydrogens is 581 g/mol. The Kier molecular flexibility index (Phi) is 8.66. The zero-order valence-corrected chi connectivity index (χ0v) is 21.8. The van der Waals surface area contributed by atoms with Gasteiger partial charge in [-0.2, -0.15) is 0 Å². The van der Waals surface area contributed by atoms with E-state index in [2.05, 4.69) is 22.6 Å². The highest BCUT2D eigenvalue weighted by molar-refractivity contribution is 14.1. The first-order valence-electron chi connectivity index (χ1n) is 9.93. The lowest BCUT2D eigenvalue weighted by atomic mass is 10.1. The van der Waals surface area contributed by atoms with Crippen LogP contribution >= 0.6 is 46.0 Å². The Morgan fingerprint density at radius 1 is 1.24 bits per heavy atom. The SMILES string of the molecule is CCOC(=O)[C@H](C)N1C(=O)S/C(=C\c2cc(I)c(OCc3ccc(Cl)cc3)c(OC)c2)C1=O. The van der Waals surface area contributed by atoms with Crippen molar-refractivity contribution in [1.82, 2.24) is 4.90 Å². The molecule has 0 saturated carbocycles. The molecule has 0 aromatic heterocycles. The number of esters is 1. The molecule has 2 aromatic rings. The Hall–Kier alpha value is -2.24. The molecular formula is C23H21ClINO6S. The molecule has 1 atom stereocenters. The maximum atomic E-state index is 12.8. The smallest absolute Gasteiger partial charge is 0.329 e. The number of carbonyl (C=O) groups is 3. The van der Waals surface area contributed by atoms with E-state index in [1.54, 1.807) is 31.2 Å². The molecule has 0 unspecified atom stereocenters. The van der Waals surface area contributed by atoms with Gasteiger partial charge in [-0.25, -0.2) is 4.79 Å². The summed E-state index contributed by atoms with van der Waals surface area (Å²) in [5.74, 6) is -0.113. The first-order valence-corrected chi connectivity index (χ1v) is 12.2.